The summed E-state index contributed by atoms with van der Waals surface area (Å²) in [7, 11) is -3.78. The summed E-state index contributed by atoms with van der Waals surface area (Å²) in [6, 6.07) is 5.99. The lowest BCUT2D eigenvalue weighted by Gasteiger charge is -2.32. The molecular formula is C24H42N2O4S. The molecule has 1 aromatic rings. The Bertz CT molecular complexity index is 732. The molecule has 0 aliphatic carbocycles. The molecular weight excluding hydrogens is 412 g/mol. The van der Waals surface area contributed by atoms with Gasteiger partial charge in [-0.3, -0.25) is 4.79 Å². The number of sulfonamides is 1. The first-order valence-electron chi connectivity index (χ1n) is 11.7. The highest BCUT2D eigenvalue weighted by Crippen LogP contribution is 2.24. The summed E-state index contributed by atoms with van der Waals surface area (Å²) in [5.74, 6) is -0.371. The third-order valence-corrected chi connectivity index (χ3v) is 7.28. The van der Waals surface area contributed by atoms with E-state index < -0.39 is 16.1 Å². The number of esters is 1. The number of rotatable bonds is 16. The van der Waals surface area contributed by atoms with Gasteiger partial charge in [-0.05, 0) is 39.3 Å². The third-order valence-electron chi connectivity index (χ3n) is 5.35. The van der Waals surface area contributed by atoms with E-state index >= 15 is 0 Å². The van der Waals surface area contributed by atoms with Gasteiger partial charge in [0.1, 0.15) is 0 Å². The number of hydrogen-bond donors (Lipinski definition) is 1. The molecule has 1 unspecified atom stereocenters. The standard InChI is InChI=1S/C24H42N2O4S/c1-5-7-8-9-10-11-12-13-22(18-24(27)30-6-2)26(19-21(4)25)31(28,29)23-16-14-20(3)15-17-23/h14-17,21-22H,5-13,18-19,25H2,1-4H3/t21?,22-/m1/s1. The zero-order valence-corrected chi connectivity index (χ0v) is 20.6. The predicted molar refractivity (Wildman–Crippen MR) is 126 cm³/mol. The van der Waals surface area contributed by atoms with Crippen molar-refractivity contribution in [3.8, 4) is 0 Å². The summed E-state index contributed by atoms with van der Waals surface area (Å²) in [4.78, 5) is 12.5. The van der Waals surface area contributed by atoms with Crippen LogP contribution in [-0.2, 0) is 19.6 Å². The van der Waals surface area contributed by atoms with E-state index in [1.807, 2.05) is 6.92 Å². The van der Waals surface area contributed by atoms with Gasteiger partial charge in [0.15, 0.2) is 0 Å². The summed E-state index contributed by atoms with van der Waals surface area (Å²) in [5.41, 5.74) is 7.01. The SMILES string of the molecule is CCCCCCCCC[C@H](CC(=O)OCC)N(CC(C)N)S(=O)(=O)c1ccc(C)cc1. The lowest BCUT2D eigenvalue weighted by molar-refractivity contribution is -0.144. The first-order chi connectivity index (χ1) is 14.7. The molecule has 2 N–H and O–H groups in total. The molecule has 0 aliphatic heterocycles. The van der Waals surface area contributed by atoms with Gasteiger partial charge in [0.05, 0.1) is 17.9 Å². The highest BCUT2D eigenvalue weighted by Gasteiger charge is 2.33. The Hall–Kier alpha value is -1.44. The normalized spacial score (nSPS) is 13.9. The molecule has 0 radical (unpaired) electrons. The second-order valence-corrected chi connectivity index (χ2v) is 10.3. The zero-order valence-electron chi connectivity index (χ0n) is 19.8. The Morgan fingerprint density at radius 2 is 1.61 bits per heavy atom. The van der Waals surface area contributed by atoms with Gasteiger partial charge in [0, 0.05) is 18.6 Å². The summed E-state index contributed by atoms with van der Waals surface area (Å²) in [6.45, 7) is 8.10. The maximum Gasteiger partial charge on any atom is 0.307 e. The number of unbranched alkanes of at least 4 members (excludes halogenated alkanes) is 6. The van der Waals surface area contributed by atoms with E-state index in [9.17, 15) is 13.2 Å². The molecule has 7 heteroatoms. The molecule has 0 bridgehead atoms. The van der Waals surface area contributed by atoms with Crippen LogP contribution in [0, 0.1) is 6.92 Å². The zero-order chi connectivity index (χ0) is 23.3. The molecule has 0 heterocycles. The molecule has 0 saturated heterocycles. The lowest BCUT2D eigenvalue weighted by Crippen LogP contribution is -2.47. The van der Waals surface area contributed by atoms with E-state index in [0.717, 1.165) is 24.8 Å². The first kappa shape index (κ1) is 27.6. The Labute approximate surface area is 189 Å². The molecule has 0 amide bonds. The third kappa shape index (κ3) is 10.1. The van der Waals surface area contributed by atoms with Crippen molar-refractivity contribution in [3.63, 3.8) is 0 Å². The highest BCUT2D eigenvalue weighted by molar-refractivity contribution is 7.89. The van der Waals surface area contributed by atoms with E-state index in [-0.39, 0.29) is 36.5 Å². The Kier molecular flexibility index (Phi) is 13.0. The van der Waals surface area contributed by atoms with Crippen LogP contribution in [0.3, 0.4) is 0 Å². The quantitative estimate of drug-likeness (QED) is 0.286. The minimum absolute atomic E-state index is 0.0431. The maximum atomic E-state index is 13.5. The van der Waals surface area contributed by atoms with Gasteiger partial charge < -0.3 is 10.5 Å². The van der Waals surface area contributed by atoms with Crippen LogP contribution in [0.2, 0.25) is 0 Å². The Morgan fingerprint density at radius 1 is 1.03 bits per heavy atom. The number of carbonyl (C=O) groups excluding carboxylic acids is 1. The van der Waals surface area contributed by atoms with Crippen LogP contribution in [-0.4, -0.2) is 43.9 Å². The van der Waals surface area contributed by atoms with Crippen LogP contribution < -0.4 is 5.73 Å². The van der Waals surface area contributed by atoms with E-state index in [0.29, 0.717) is 6.42 Å². The molecule has 0 spiro atoms. The summed E-state index contributed by atoms with van der Waals surface area (Å²) in [6.07, 6.45) is 8.58. The van der Waals surface area contributed by atoms with Gasteiger partial charge in [-0.2, -0.15) is 4.31 Å². The van der Waals surface area contributed by atoms with Crippen LogP contribution in [0.5, 0.6) is 0 Å². The van der Waals surface area contributed by atoms with Crippen molar-refractivity contribution in [2.75, 3.05) is 13.2 Å². The molecule has 1 aromatic carbocycles. The highest BCUT2D eigenvalue weighted by atomic mass is 32.2. The molecule has 178 valence electrons. The van der Waals surface area contributed by atoms with Gasteiger partial charge >= 0.3 is 5.97 Å². The van der Waals surface area contributed by atoms with Gasteiger partial charge in [0.2, 0.25) is 10.0 Å². The minimum Gasteiger partial charge on any atom is -0.466 e. The molecule has 6 nitrogen and oxygen atoms in total. The molecule has 2 atom stereocenters. The number of aryl methyl sites for hydroxylation is 1. The Balaban J connectivity index is 3.01. The monoisotopic (exact) mass is 454 g/mol. The van der Waals surface area contributed by atoms with Crippen LogP contribution in [0.1, 0.15) is 84.1 Å². The number of hydrogen-bond acceptors (Lipinski definition) is 5. The van der Waals surface area contributed by atoms with Crippen LogP contribution in [0.25, 0.3) is 0 Å². The first-order valence-corrected chi connectivity index (χ1v) is 13.2. The smallest absolute Gasteiger partial charge is 0.307 e. The molecule has 0 saturated carbocycles. The maximum absolute atomic E-state index is 13.5. The van der Waals surface area contributed by atoms with E-state index in [1.165, 1.54) is 30.0 Å². The lowest BCUT2D eigenvalue weighted by atomic mass is 10.0. The molecule has 0 aromatic heterocycles. The van der Waals surface area contributed by atoms with Crippen LogP contribution in [0.15, 0.2) is 29.2 Å². The number of ether oxygens (including phenoxy) is 1. The van der Waals surface area contributed by atoms with Crippen molar-refractivity contribution < 1.29 is 17.9 Å². The minimum atomic E-state index is -3.78. The molecule has 1 rings (SSSR count). The van der Waals surface area contributed by atoms with Crippen molar-refractivity contribution in [2.24, 2.45) is 5.73 Å². The second kappa shape index (κ2) is 14.6. The number of nitrogens with two attached hydrogens (primary N) is 1. The Morgan fingerprint density at radius 3 is 2.16 bits per heavy atom. The van der Waals surface area contributed by atoms with Crippen molar-refractivity contribution in [3.05, 3.63) is 29.8 Å². The van der Waals surface area contributed by atoms with Gasteiger partial charge in [-0.25, -0.2) is 8.42 Å². The van der Waals surface area contributed by atoms with E-state index in [2.05, 4.69) is 6.92 Å². The van der Waals surface area contributed by atoms with Gasteiger partial charge in [-0.15, -0.1) is 0 Å². The number of benzene rings is 1. The molecule has 31 heavy (non-hydrogen) atoms. The van der Waals surface area contributed by atoms with Crippen molar-refractivity contribution in [1.29, 1.82) is 0 Å². The van der Waals surface area contributed by atoms with Crippen LogP contribution >= 0.6 is 0 Å². The summed E-state index contributed by atoms with van der Waals surface area (Å²) in [5, 5.41) is 0. The topological polar surface area (TPSA) is 89.7 Å². The van der Waals surface area contributed by atoms with Crippen LogP contribution in [0.4, 0.5) is 0 Å². The number of nitrogens with zero attached hydrogens (tertiary/aromatic N) is 1. The number of carbonyl (C=O) groups is 1. The fraction of sp³-hybridized carbons (Fsp3) is 0.708. The average molecular weight is 455 g/mol. The predicted octanol–water partition coefficient (Wildman–Crippen LogP) is 4.80. The van der Waals surface area contributed by atoms with Crippen molar-refractivity contribution >= 4 is 16.0 Å². The largest absolute Gasteiger partial charge is 0.466 e. The molecule has 0 aliphatic rings. The average Bonchev–Trinajstić information content (AvgIpc) is 2.71. The van der Waals surface area contributed by atoms with Crippen molar-refractivity contribution in [2.45, 2.75) is 102 Å². The summed E-state index contributed by atoms with van der Waals surface area (Å²) < 4.78 is 33.5. The van der Waals surface area contributed by atoms with E-state index in [4.69, 9.17) is 10.5 Å². The van der Waals surface area contributed by atoms with Crippen molar-refractivity contribution in [1.82, 2.24) is 4.31 Å². The second-order valence-electron chi connectivity index (χ2n) is 8.44. The fourth-order valence-electron chi connectivity index (χ4n) is 3.67. The fourth-order valence-corrected chi connectivity index (χ4v) is 5.42. The van der Waals surface area contributed by atoms with Gasteiger partial charge in [-0.1, -0.05) is 69.6 Å². The summed E-state index contributed by atoms with van der Waals surface area (Å²) >= 11 is 0. The molecule has 0 fully saturated rings. The van der Waals surface area contributed by atoms with E-state index in [1.54, 1.807) is 38.1 Å². The van der Waals surface area contributed by atoms with Gasteiger partial charge in [0.25, 0.3) is 0 Å².